The van der Waals surface area contributed by atoms with E-state index in [9.17, 15) is 5.11 Å². The maximum Gasteiger partial charge on any atom is 0.0762 e. The summed E-state index contributed by atoms with van der Waals surface area (Å²) in [5.74, 6) is 0. The summed E-state index contributed by atoms with van der Waals surface area (Å²) < 4.78 is 0. The second-order valence-electron chi connectivity index (χ2n) is 4.93. The fraction of sp³-hybridized carbons (Fsp3) is 0.571. The smallest absolute Gasteiger partial charge is 0.0762 e. The van der Waals surface area contributed by atoms with Gasteiger partial charge < -0.3 is 10.0 Å². The van der Waals surface area contributed by atoms with Gasteiger partial charge in [-0.25, -0.2) is 0 Å². The molecule has 2 rings (SSSR count). The molecule has 94 valence electrons. The molecule has 1 saturated heterocycles. The van der Waals surface area contributed by atoms with Crippen LogP contribution < -0.4 is 4.90 Å². The highest BCUT2D eigenvalue weighted by atomic mass is 35.5. The largest absolute Gasteiger partial charge is 0.389 e. The van der Waals surface area contributed by atoms with Gasteiger partial charge in [-0.05, 0) is 50.8 Å². The van der Waals surface area contributed by atoms with E-state index in [1.54, 1.807) is 6.92 Å². The number of aliphatic hydroxyl groups excluding tert-OH is 1. The monoisotopic (exact) mass is 253 g/mol. The number of aliphatic hydroxyl groups is 1. The Morgan fingerprint density at radius 2 is 2.18 bits per heavy atom. The number of piperidine rings is 1. The minimum atomic E-state index is -0.458. The lowest BCUT2D eigenvalue weighted by Gasteiger charge is -2.36. The summed E-state index contributed by atoms with van der Waals surface area (Å²) in [4.78, 5) is 2.37. The van der Waals surface area contributed by atoms with Crippen LogP contribution in [0.5, 0.6) is 0 Å². The van der Waals surface area contributed by atoms with Crippen molar-refractivity contribution in [1.29, 1.82) is 0 Å². The Kier molecular flexibility index (Phi) is 3.95. The summed E-state index contributed by atoms with van der Waals surface area (Å²) in [5, 5.41) is 10.3. The van der Waals surface area contributed by atoms with Gasteiger partial charge in [0.25, 0.3) is 0 Å². The highest BCUT2D eigenvalue weighted by molar-refractivity contribution is 6.33. The third-order valence-corrected chi connectivity index (χ3v) is 3.87. The van der Waals surface area contributed by atoms with Crippen LogP contribution in [0.2, 0.25) is 5.02 Å². The molecule has 1 unspecified atom stereocenters. The van der Waals surface area contributed by atoms with Crippen LogP contribution in [0.1, 0.15) is 44.8 Å². The Morgan fingerprint density at radius 1 is 1.41 bits per heavy atom. The third kappa shape index (κ3) is 2.75. The fourth-order valence-corrected chi connectivity index (χ4v) is 2.77. The minimum Gasteiger partial charge on any atom is -0.389 e. The SMILES string of the molecule is CC1CCCCN1c1ccc([C@@H](C)O)cc1Cl. The van der Waals surface area contributed by atoms with Crippen molar-refractivity contribution < 1.29 is 5.11 Å². The van der Waals surface area contributed by atoms with Gasteiger partial charge in [0.1, 0.15) is 0 Å². The lowest BCUT2D eigenvalue weighted by molar-refractivity contribution is 0.199. The third-order valence-electron chi connectivity index (χ3n) is 3.57. The zero-order chi connectivity index (χ0) is 12.4. The van der Waals surface area contributed by atoms with E-state index < -0.39 is 6.10 Å². The maximum atomic E-state index is 9.53. The Morgan fingerprint density at radius 3 is 2.76 bits per heavy atom. The average Bonchev–Trinajstić information content (AvgIpc) is 2.30. The molecule has 0 aliphatic carbocycles. The number of rotatable bonds is 2. The molecule has 1 aliphatic heterocycles. The standard InChI is InChI=1S/C14H20ClNO/c1-10-5-3-4-8-16(10)14-7-6-12(11(2)17)9-13(14)15/h6-7,9-11,17H,3-5,8H2,1-2H3/t10?,11-/m1/s1. The molecular weight excluding hydrogens is 234 g/mol. The van der Waals surface area contributed by atoms with Crippen LogP contribution >= 0.6 is 11.6 Å². The van der Waals surface area contributed by atoms with E-state index in [0.717, 1.165) is 22.8 Å². The molecular formula is C14H20ClNO. The van der Waals surface area contributed by atoms with Crippen LogP contribution in [-0.4, -0.2) is 17.7 Å². The zero-order valence-corrected chi connectivity index (χ0v) is 11.2. The molecule has 0 radical (unpaired) electrons. The average molecular weight is 254 g/mol. The van der Waals surface area contributed by atoms with Crippen molar-refractivity contribution in [2.24, 2.45) is 0 Å². The molecule has 0 bridgehead atoms. The molecule has 17 heavy (non-hydrogen) atoms. The Hall–Kier alpha value is -0.730. The number of anilines is 1. The lowest BCUT2D eigenvalue weighted by Crippen LogP contribution is -2.37. The van der Waals surface area contributed by atoms with Gasteiger partial charge in [0, 0.05) is 12.6 Å². The normalized spacial score (nSPS) is 22.6. The molecule has 0 aromatic heterocycles. The summed E-state index contributed by atoms with van der Waals surface area (Å²) >= 11 is 6.32. The number of hydrogen-bond acceptors (Lipinski definition) is 2. The maximum absolute atomic E-state index is 9.53. The topological polar surface area (TPSA) is 23.5 Å². The van der Waals surface area contributed by atoms with Gasteiger partial charge in [-0.3, -0.25) is 0 Å². The molecule has 1 aromatic rings. The van der Waals surface area contributed by atoms with Crippen LogP contribution in [-0.2, 0) is 0 Å². The molecule has 0 amide bonds. The van der Waals surface area contributed by atoms with Crippen molar-refractivity contribution in [2.45, 2.75) is 45.3 Å². The van der Waals surface area contributed by atoms with E-state index in [0.29, 0.717) is 6.04 Å². The number of benzene rings is 1. The number of hydrogen-bond donors (Lipinski definition) is 1. The molecule has 0 saturated carbocycles. The minimum absolute atomic E-state index is 0.458. The van der Waals surface area contributed by atoms with Crippen molar-refractivity contribution in [3.63, 3.8) is 0 Å². The number of nitrogens with zero attached hydrogens (tertiary/aromatic N) is 1. The zero-order valence-electron chi connectivity index (χ0n) is 10.5. The van der Waals surface area contributed by atoms with Gasteiger partial charge in [0.2, 0.25) is 0 Å². The lowest BCUT2D eigenvalue weighted by atomic mass is 10.0. The van der Waals surface area contributed by atoms with Crippen LogP contribution in [0.3, 0.4) is 0 Å². The van der Waals surface area contributed by atoms with Gasteiger partial charge in [-0.2, -0.15) is 0 Å². The van der Waals surface area contributed by atoms with Crippen molar-refractivity contribution in [2.75, 3.05) is 11.4 Å². The predicted octanol–water partition coefficient (Wildman–Crippen LogP) is 3.77. The van der Waals surface area contributed by atoms with E-state index in [1.165, 1.54) is 19.3 Å². The molecule has 1 N–H and O–H groups in total. The van der Waals surface area contributed by atoms with Crippen molar-refractivity contribution in [3.05, 3.63) is 28.8 Å². The van der Waals surface area contributed by atoms with Crippen LogP contribution in [0, 0.1) is 0 Å². The molecule has 2 nitrogen and oxygen atoms in total. The summed E-state index contributed by atoms with van der Waals surface area (Å²) in [6.07, 6.45) is 3.31. The van der Waals surface area contributed by atoms with E-state index in [4.69, 9.17) is 11.6 Å². The quantitative estimate of drug-likeness (QED) is 0.867. The second kappa shape index (κ2) is 5.28. The van der Waals surface area contributed by atoms with Crippen LogP contribution in [0.15, 0.2) is 18.2 Å². The molecule has 3 heteroatoms. The molecule has 2 atom stereocenters. The predicted molar refractivity (Wildman–Crippen MR) is 72.7 cm³/mol. The summed E-state index contributed by atoms with van der Waals surface area (Å²) in [6.45, 7) is 5.09. The van der Waals surface area contributed by atoms with E-state index >= 15 is 0 Å². The first kappa shape index (κ1) is 12.7. The highest BCUT2D eigenvalue weighted by Crippen LogP contribution is 2.32. The number of halogens is 1. The molecule has 1 heterocycles. The van der Waals surface area contributed by atoms with Gasteiger partial charge in [0.05, 0.1) is 16.8 Å². The first-order chi connectivity index (χ1) is 8.09. The van der Waals surface area contributed by atoms with Crippen molar-refractivity contribution in [3.8, 4) is 0 Å². The molecule has 1 aliphatic rings. The van der Waals surface area contributed by atoms with E-state index in [1.807, 2.05) is 18.2 Å². The van der Waals surface area contributed by atoms with E-state index in [-0.39, 0.29) is 0 Å². The molecule has 1 aromatic carbocycles. The second-order valence-corrected chi connectivity index (χ2v) is 5.33. The van der Waals surface area contributed by atoms with Crippen molar-refractivity contribution in [1.82, 2.24) is 0 Å². The summed E-state index contributed by atoms with van der Waals surface area (Å²) in [5.41, 5.74) is 1.98. The van der Waals surface area contributed by atoms with Gasteiger partial charge in [-0.15, -0.1) is 0 Å². The first-order valence-corrected chi connectivity index (χ1v) is 6.71. The Labute approximate surface area is 108 Å². The molecule has 1 fully saturated rings. The van der Waals surface area contributed by atoms with Gasteiger partial charge in [0.15, 0.2) is 0 Å². The van der Waals surface area contributed by atoms with Crippen LogP contribution in [0.4, 0.5) is 5.69 Å². The first-order valence-electron chi connectivity index (χ1n) is 6.33. The summed E-state index contributed by atoms with van der Waals surface area (Å²) in [6, 6.07) is 6.43. The Bertz CT molecular complexity index is 392. The summed E-state index contributed by atoms with van der Waals surface area (Å²) in [7, 11) is 0. The highest BCUT2D eigenvalue weighted by Gasteiger charge is 2.20. The Balaban J connectivity index is 2.26. The van der Waals surface area contributed by atoms with Crippen LogP contribution in [0.25, 0.3) is 0 Å². The van der Waals surface area contributed by atoms with Gasteiger partial charge >= 0.3 is 0 Å². The van der Waals surface area contributed by atoms with Gasteiger partial charge in [-0.1, -0.05) is 17.7 Å². The van der Waals surface area contributed by atoms with Crippen molar-refractivity contribution >= 4 is 17.3 Å². The van der Waals surface area contributed by atoms with E-state index in [2.05, 4.69) is 11.8 Å². The molecule has 0 spiro atoms. The fourth-order valence-electron chi connectivity index (χ4n) is 2.47.